The van der Waals surface area contributed by atoms with Crippen molar-refractivity contribution in [3.63, 3.8) is 0 Å². The average Bonchev–Trinajstić information content (AvgIpc) is 3.29. The average molecular weight is 637 g/mol. The molecule has 14 heteroatoms. The van der Waals surface area contributed by atoms with Crippen LogP contribution in [0.5, 0.6) is 0 Å². The molecule has 4 aromatic rings. The first-order valence-corrected chi connectivity index (χ1v) is 13.7. The van der Waals surface area contributed by atoms with E-state index >= 15 is 0 Å². The molecule has 0 spiro atoms. The Kier molecular flexibility index (Phi) is 8.51. The van der Waals surface area contributed by atoms with Gasteiger partial charge in [-0.05, 0) is 54.3 Å². The number of pyridine rings is 1. The van der Waals surface area contributed by atoms with Gasteiger partial charge in [0.1, 0.15) is 17.5 Å². The third-order valence-corrected chi connectivity index (χ3v) is 7.57. The minimum atomic E-state index is -4.93. The first-order chi connectivity index (χ1) is 21.1. The molecule has 45 heavy (non-hydrogen) atoms. The van der Waals surface area contributed by atoms with Crippen molar-refractivity contribution in [2.24, 2.45) is 5.73 Å². The highest BCUT2D eigenvalue weighted by atomic mass is 19.4. The number of nitrogens with zero attached hydrogens (tertiary/aromatic N) is 3. The van der Waals surface area contributed by atoms with Crippen LogP contribution in [-0.4, -0.2) is 32.4 Å². The topological polar surface area (TPSA) is 90.9 Å². The van der Waals surface area contributed by atoms with Gasteiger partial charge in [0.25, 0.3) is 11.8 Å². The standard InChI is InChI=1S/C31H24F8N4O2/c32-19-9-16(10-20(33)13-19)8-18(27-22(2-1-7-41-27)17-3-4-25(34)24(12-17)29(40)45)11-21(44)15-43-26-14-30(35,36)6-5-23(26)28(42-43)31(37,38)39/h1-4,7,9-10,12-13,18H,5-6,8,11,14-15H2,(H2,40,45)/t18-/m1/s1. The van der Waals surface area contributed by atoms with Crippen molar-refractivity contribution in [1.82, 2.24) is 14.8 Å². The minimum absolute atomic E-state index is 0.120. The highest BCUT2D eigenvalue weighted by molar-refractivity contribution is 5.94. The molecule has 0 unspecified atom stereocenters. The maximum atomic E-state index is 14.2. The number of hydrogen-bond acceptors (Lipinski definition) is 4. The molecule has 5 rings (SSSR count). The molecule has 236 valence electrons. The fourth-order valence-electron chi connectivity index (χ4n) is 5.65. The minimum Gasteiger partial charge on any atom is -0.366 e. The SMILES string of the molecule is NC(=O)c1cc(-c2cccnc2[C@@H](CC(=O)Cn2nc(C(F)(F)F)c3c2CC(F)(F)CC3)Cc2cc(F)cc(F)c2)ccc1F. The van der Waals surface area contributed by atoms with Crippen molar-refractivity contribution in [3.8, 4) is 11.1 Å². The molecule has 0 fully saturated rings. The van der Waals surface area contributed by atoms with Crippen LogP contribution >= 0.6 is 0 Å². The maximum absolute atomic E-state index is 14.2. The van der Waals surface area contributed by atoms with Crippen molar-refractivity contribution < 1.29 is 44.7 Å². The molecular weight excluding hydrogens is 612 g/mol. The first-order valence-electron chi connectivity index (χ1n) is 13.7. The first kappa shape index (κ1) is 31.8. The summed E-state index contributed by atoms with van der Waals surface area (Å²) in [4.78, 5) is 29.6. The predicted molar refractivity (Wildman–Crippen MR) is 145 cm³/mol. The number of rotatable bonds is 9. The molecule has 2 heterocycles. The second-order valence-corrected chi connectivity index (χ2v) is 10.9. The molecule has 2 N–H and O–H groups in total. The number of ketones is 1. The van der Waals surface area contributed by atoms with E-state index in [-0.39, 0.29) is 34.5 Å². The molecular formula is C31H24F8N4O2. The summed E-state index contributed by atoms with van der Waals surface area (Å²) in [6.07, 6.45) is -6.60. The molecule has 0 saturated carbocycles. The summed E-state index contributed by atoms with van der Waals surface area (Å²) in [6.45, 7) is -0.785. The number of carbonyl (C=O) groups excluding carboxylic acids is 2. The van der Waals surface area contributed by atoms with Gasteiger partial charge in [-0.2, -0.15) is 18.3 Å². The molecule has 0 aliphatic heterocycles. The van der Waals surface area contributed by atoms with E-state index in [2.05, 4.69) is 10.1 Å². The van der Waals surface area contributed by atoms with Gasteiger partial charge in [0.15, 0.2) is 11.5 Å². The lowest BCUT2D eigenvalue weighted by Crippen LogP contribution is -2.29. The van der Waals surface area contributed by atoms with E-state index in [4.69, 9.17) is 5.73 Å². The molecule has 0 saturated heterocycles. The Labute approximate surface area is 250 Å². The molecule has 2 aromatic heterocycles. The van der Waals surface area contributed by atoms with E-state index in [0.29, 0.717) is 16.3 Å². The van der Waals surface area contributed by atoms with Crippen molar-refractivity contribution >= 4 is 11.7 Å². The Hall–Kier alpha value is -4.62. The van der Waals surface area contributed by atoms with E-state index in [1.807, 2.05) is 0 Å². The van der Waals surface area contributed by atoms with E-state index in [1.54, 1.807) is 6.07 Å². The number of primary amides is 1. The lowest BCUT2D eigenvalue weighted by molar-refractivity contribution is -0.142. The van der Waals surface area contributed by atoms with E-state index in [1.165, 1.54) is 24.4 Å². The normalized spacial score (nSPS) is 15.0. The largest absolute Gasteiger partial charge is 0.435 e. The lowest BCUT2D eigenvalue weighted by atomic mass is 9.86. The predicted octanol–water partition coefficient (Wildman–Crippen LogP) is 6.59. The fourth-order valence-corrected chi connectivity index (χ4v) is 5.65. The van der Waals surface area contributed by atoms with Crippen LogP contribution in [0.4, 0.5) is 35.1 Å². The van der Waals surface area contributed by atoms with Gasteiger partial charge in [-0.25, -0.2) is 22.0 Å². The zero-order valence-corrected chi connectivity index (χ0v) is 23.3. The van der Waals surface area contributed by atoms with Gasteiger partial charge in [-0.15, -0.1) is 0 Å². The van der Waals surface area contributed by atoms with Gasteiger partial charge in [0, 0.05) is 47.8 Å². The quantitative estimate of drug-likeness (QED) is 0.210. The Balaban J connectivity index is 1.54. The summed E-state index contributed by atoms with van der Waals surface area (Å²) in [5, 5.41) is 3.50. The van der Waals surface area contributed by atoms with Crippen LogP contribution in [0, 0.1) is 17.5 Å². The number of halogens is 8. The summed E-state index contributed by atoms with van der Waals surface area (Å²) < 4.78 is 113. The van der Waals surface area contributed by atoms with E-state index in [0.717, 1.165) is 18.2 Å². The number of amides is 1. The summed E-state index contributed by atoms with van der Waals surface area (Å²) in [7, 11) is 0. The Morgan fingerprint density at radius 1 is 1.02 bits per heavy atom. The van der Waals surface area contributed by atoms with Gasteiger partial charge >= 0.3 is 6.18 Å². The number of carbonyl (C=O) groups is 2. The van der Waals surface area contributed by atoms with Crippen LogP contribution < -0.4 is 5.73 Å². The number of nitrogens with two attached hydrogens (primary N) is 1. The van der Waals surface area contributed by atoms with Crippen LogP contribution in [0.15, 0.2) is 54.7 Å². The highest BCUT2D eigenvalue weighted by Gasteiger charge is 2.45. The fraction of sp³-hybridized carbons (Fsp3) is 0.290. The van der Waals surface area contributed by atoms with E-state index in [9.17, 15) is 44.7 Å². The second-order valence-electron chi connectivity index (χ2n) is 10.9. The number of hydrogen-bond donors (Lipinski definition) is 1. The van der Waals surface area contributed by atoms with Gasteiger partial charge in [-0.3, -0.25) is 19.3 Å². The van der Waals surface area contributed by atoms with Gasteiger partial charge < -0.3 is 5.73 Å². The van der Waals surface area contributed by atoms with Gasteiger partial charge in [0.2, 0.25) is 0 Å². The number of fused-ring (bicyclic) bond motifs is 1. The molecule has 1 aliphatic carbocycles. The smallest absolute Gasteiger partial charge is 0.366 e. The molecule has 6 nitrogen and oxygen atoms in total. The van der Waals surface area contributed by atoms with Crippen LogP contribution in [0.1, 0.15) is 57.3 Å². The van der Waals surface area contributed by atoms with Crippen molar-refractivity contribution in [1.29, 1.82) is 0 Å². The van der Waals surface area contributed by atoms with E-state index < -0.39 is 90.6 Å². The number of Topliss-reactive ketones (excluding diaryl/α,β-unsaturated/α-hetero) is 1. The Morgan fingerprint density at radius 2 is 1.73 bits per heavy atom. The maximum Gasteiger partial charge on any atom is 0.435 e. The second kappa shape index (κ2) is 12.1. The zero-order chi connectivity index (χ0) is 32.7. The number of aromatic nitrogens is 3. The third-order valence-electron chi connectivity index (χ3n) is 7.57. The van der Waals surface area contributed by atoms with Crippen LogP contribution in [0.2, 0.25) is 0 Å². The summed E-state index contributed by atoms with van der Waals surface area (Å²) in [5.74, 6) is -8.71. The molecule has 0 bridgehead atoms. The summed E-state index contributed by atoms with van der Waals surface area (Å²) in [5.41, 5.74) is 3.64. The van der Waals surface area contributed by atoms with Gasteiger partial charge in [-0.1, -0.05) is 12.1 Å². The third kappa shape index (κ3) is 7.04. The van der Waals surface area contributed by atoms with Crippen molar-refractivity contribution in [2.75, 3.05) is 0 Å². The zero-order valence-electron chi connectivity index (χ0n) is 23.3. The lowest BCUT2D eigenvalue weighted by Gasteiger charge is -2.23. The molecule has 1 atom stereocenters. The highest BCUT2D eigenvalue weighted by Crippen LogP contribution is 2.40. The molecule has 1 amide bonds. The summed E-state index contributed by atoms with van der Waals surface area (Å²) in [6, 6.07) is 9.29. The van der Waals surface area contributed by atoms with Crippen LogP contribution in [0.25, 0.3) is 11.1 Å². The Bertz CT molecular complexity index is 1760. The Morgan fingerprint density at radius 3 is 2.40 bits per heavy atom. The van der Waals surface area contributed by atoms with Crippen LogP contribution in [0.3, 0.4) is 0 Å². The molecule has 2 aromatic carbocycles. The molecule has 1 aliphatic rings. The van der Waals surface area contributed by atoms with Crippen molar-refractivity contribution in [2.45, 2.75) is 56.7 Å². The summed E-state index contributed by atoms with van der Waals surface area (Å²) >= 11 is 0. The van der Waals surface area contributed by atoms with Gasteiger partial charge in [0.05, 0.1) is 24.2 Å². The molecule has 0 radical (unpaired) electrons. The monoisotopic (exact) mass is 636 g/mol. The van der Waals surface area contributed by atoms with Crippen LogP contribution in [-0.2, 0) is 36.8 Å². The number of alkyl halides is 5. The number of benzene rings is 2. The van der Waals surface area contributed by atoms with Crippen molar-refractivity contribution in [3.05, 3.63) is 106 Å².